The molecule has 1 saturated carbocycles. The van der Waals surface area contributed by atoms with Crippen LogP contribution in [0.15, 0.2) is 42.6 Å². The van der Waals surface area contributed by atoms with Crippen molar-refractivity contribution in [2.24, 2.45) is 5.92 Å². The maximum atomic E-state index is 12.9. The Morgan fingerprint density at radius 1 is 1.00 bits per heavy atom. The Hall–Kier alpha value is -2.34. The van der Waals surface area contributed by atoms with Crippen molar-refractivity contribution >= 4 is 29.5 Å². The molecule has 1 aliphatic rings. The Bertz CT molecular complexity index is 972. The molecule has 28 heavy (non-hydrogen) atoms. The molecular weight excluding hydrogens is 387 g/mol. The van der Waals surface area contributed by atoms with E-state index < -0.39 is 11.9 Å². The zero-order chi connectivity index (χ0) is 18.9. The highest BCUT2D eigenvalue weighted by atomic mass is 35.5. The molecule has 0 atom stereocenters. The SMILES string of the molecule is Cl.FC(F)(F)c1cc(-c2ccc3nc(/C=C/C4CCCCC4)[nH]c3c2)ccn1. The average Bonchev–Trinajstić information content (AvgIpc) is 3.09. The predicted octanol–water partition coefficient (Wildman–Crippen LogP) is 6.66. The number of H-pyrrole nitrogens is 1. The monoisotopic (exact) mass is 407 g/mol. The van der Waals surface area contributed by atoms with Gasteiger partial charge in [-0.3, -0.25) is 4.98 Å². The smallest absolute Gasteiger partial charge is 0.338 e. The number of pyridine rings is 1. The molecular formula is C21H21ClF3N3. The van der Waals surface area contributed by atoms with Gasteiger partial charge in [0.25, 0.3) is 0 Å². The van der Waals surface area contributed by atoms with Crippen molar-refractivity contribution in [1.82, 2.24) is 15.0 Å². The van der Waals surface area contributed by atoms with E-state index in [1.165, 1.54) is 38.3 Å². The molecule has 0 radical (unpaired) electrons. The van der Waals surface area contributed by atoms with Crippen molar-refractivity contribution in [1.29, 1.82) is 0 Å². The Morgan fingerprint density at radius 3 is 2.50 bits per heavy atom. The zero-order valence-electron chi connectivity index (χ0n) is 15.2. The van der Waals surface area contributed by atoms with Gasteiger partial charge in [0, 0.05) is 6.20 Å². The molecule has 3 nitrogen and oxygen atoms in total. The van der Waals surface area contributed by atoms with Crippen LogP contribution in [-0.4, -0.2) is 15.0 Å². The Labute approximate surface area is 167 Å². The van der Waals surface area contributed by atoms with Crippen LogP contribution in [0, 0.1) is 5.92 Å². The lowest BCUT2D eigenvalue weighted by Crippen LogP contribution is -2.07. The number of alkyl halides is 3. The van der Waals surface area contributed by atoms with Crippen LogP contribution in [0.2, 0.25) is 0 Å². The van der Waals surface area contributed by atoms with Gasteiger partial charge in [-0.1, -0.05) is 31.4 Å². The zero-order valence-corrected chi connectivity index (χ0v) is 16.0. The quantitative estimate of drug-likeness (QED) is 0.527. The fourth-order valence-corrected chi connectivity index (χ4v) is 3.61. The number of halogens is 4. The minimum absolute atomic E-state index is 0. The van der Waals surface area contributed by atoms with Crippen LogP contribution < -0.4 is 0 Å². The number of hydrogen-bond acceptors (Lipinski definition) is 2. The summed E-state index contributed by atoms with van der Waals surface area (Å²) in [6.07, 6.45) is 7.31. The molecule has 7 heteroatoms. The second kappa shape index (κ2) is 8.35. The summed E-state index contributed by atoms with van der Waals surface area (Å²) in [6, 6.07) is 8.09. The summed E-state index contributed by atoms with van der Waals surface area (Å²) in [7, 11) is 0. The molecule has 1 N–H and O–H groups in total. The van der Waals surface area contributed by atoms with Gasteiger partial charge in [-0.15, -0.1) is 12.4 Å². The number of hydrogen-bond donors (Lipinski definition) is 1. The first-order chi connectivity index (χ1) is 13.0. The van der Waals surface area contributed by atoms with Crippen molar-refractivity contribution in [2.45, 2.75) is 38.3 Å². The lowest BCUT2D eigenvalue weighted by molar-refractivity contribution is -0.141. The van der Waals surface area contributed by atoms with Crippen molar-refractivity contribution < 1.29 is 13.2 Å². The first-order valence-corrected chi connectivity index (χ1v) is 9.21. The summed E-state index contributed by atoms with van der Waals surface area (Å²) in [6.45, 7) is 0. The second-order valence-corrected chi connectivity index (χ2v) is 7.04. The molecule has 2 aromatic heterocycles. The van der Waals surface area contributed by atoms with Crippen molar-refractivity contribution in [2.75, 3.05) is 0 Å². The third-order valence-electron chi connectivity index (χ3n) is 5.06. The van der Waals surface area contributed by atoms with Gasteiger partial charge in [-0.05, 0) is 60.2 Å². The molecule has 3 aromatic rings. The summed E-state index contributed by atoms with van der Waals surface area (Å²) in [5.41, 5.74) is 1.89. The number of fused-ring (bicyclic) bond motifs is 1. The van der Waals surface area contributed by atoms with Crippen molar-refractivity contribution in [3.05, 3.63) is 54.1 Å². The number of nitrogens with zero attached hydrogens (tertiary/aromatic N) is 2. The molecule has 148 valence electrons. The van der Waals surface area contributed by atoms with E-state index in [4.69, 9.17) is 0 Å². The highest BCUT2D eigenvalue weighted by Gasteiger charge is 2.32. The Morgan fingerprint density at radius 2 is 1.75 bits per heavy atom. The molecule has 0 spiro atoms. The van der Waals surface area contributed by atoms with Crippen LogP contribution >= 0.6 is 12.4 Å². The van der Waals surface area contributed by atoms with Crippen molar-refractivity contribution in [3.8, 4) is 11.1 Å². The molecule has 0 unspecified atom stereocenters. The second-order valence-electron chi connectivity index (χ2n) is 7.04. The first kappa shape index (κ1) is 20.4. The Kier molecular flexibility index (Phi) is 6.08. The molecule has 0 amide bonds. The van der Waals surface area contributed by atoms with Gasteiger partial charge < -0.3 is 4.98 Å². The van der Waals surface area contributed by atoms with E-state index in [-0.39, 0.29) is 12.4 Å². The largest absolute Gasteiger partial charge is 0.433 e. The van der Waals surface area contributed by atoms with Gasteiger partial charge in [0.05, 0.1) is 11.0 Å². The average molecular weight is 408 g/mol. The predicted molar refractivity (Wildman–Crippen MR) is 107 cm³/mol. The molecule has 2 heterocycles. The van der Waals surface area contributed by atoms with Crippen LogP contribution in [-0.2, 0) is 6.18 Å². The maximum absolute atomic E-state index is 12.9. The minimum Gasteiger partial charge on any atom is -0.338 e. The van der Waals surface area contributed by atoms with E-state index in [0.717, 1.165) is 22.9 Å². The van der Waals surface area contributed by atoms with E-state index in [1.807, 2.05) is 18.2 Å². The number of benzene rings is 1. The molecule has 0 bridgehead atoms. The van der Waals surface area contributed by atoms with Crippen LogP contribution in [0.5, 0.6) is 0 Å². The highest BCUT2D eigenvalue weighted by molar-refractivity contribution is 5.85. The lowest BCUT2D eigenvalue weighted by atomic mass is 9.89. The van der Waals surface area contributed by atoms with Gasteiger partial charge in [0.1, 0.15) is 11.5 Å². The minimum atomic E-state index is -4.45. The third kappa shape index (κ3) is 4.55. The summed E-state index contributed by atoms with van der Waals surface area (Å²) < 4.78 is 38.7. The summed E-state index contributed by atoms with van der Waals surface area (Å²) >= 11 is 0. The van der Waals surface area contributed by atoms with Gasteiger partial charge in [-0.25, -0.2) is 4.98 Å². The van der Waals surface area contributed by atoms with Crippen LogP contribution in [0.3, 0.4) is 0 Å². The van der Waals surface area contributed by atoms with E-state index in [9.17, 15) is 13.2 Å². The number of rotatable bonds is 3. The molecule has 1 aromatic carbocycles. The van der Waals surface area contributed by atoms with Gasteiger partial charge in [0.2, 0.25) is 0 Å². The van der Waals surface area contributed by atoms with Crippen LogP contribution in [0.25, 0.3) is 28.2 Å². The topological polar surface area (TPSA) is 41.6 Å². The summed E-state index contributed by atoms with van der Waals surface area (Å²) in [5.74, 6) is 1.39. The number of imidazole rings is 1. The van der Waals surface area contributed by atoms with Gasteiger partial charge in [0.15, 0.2) is 0 Å². The molecule has 0 saturated heterocycles. The summed E-state index contributed by atoms with van der Waals surface area (Å²) in [4.78, 5) is 11.2. The van der Waals surface area contributed by atoms with Crippen LogP contribution in [0.4, 0.5) is 13.2 Å². The molecule has 0 aliphatic heterocycles. The van der Waals surface area contributed by atoms with E-state index in [2.05, 4.69) is 21.0 Å². The molecule has 1 fully saturated rings. The first-order valence-electron chi connectivity index (χ1n) is 9.21. The van der Waals surface area contributed by atoms with Gasteiger partial charge >= 0.3 is 6.18 Å². The van der Waals surface area contributed by atoms with E-state index in [0.29, 0.717) is 17.0 Å². The number of aromatic amines is 1. The third-order valence-corrected chi connectivity index (χ3v) is 5.06. The highest BCUT2D eigenvalue weighted by Crippen LogP contribution is 2.31. The van der Waals surface area contributed by atoms with Crippen LogP contribution in [0.1, 0.15) is 43.6 Å². The number of aromatic nitrogens is 3. The van der Waals surface area contributed by atoms with Crippen molar-refractivity contribution in [3.63, 3.8) is 0 Å². The van der Waals surface area contributed by atoms with E-state index in [1.54, 1.807) is 12.1 Å². The fraction of sp³-hybridized carbons (Fsp3) is 0.333. The number of nitrogens with one attached hydrogen (secondary N) is 1. The molecule has 1 aliphatic carbocycles. The fourth-order valence-electron chi connectivity index (χ4n) is 3.61. The Balaban J connectivity index is 0.00000225. The standard InChI is InChI=1S/C21H20F3N3.ClH/c22-21(23,24)19-13-16(10-11-25-19)15-7-8-17-18(12-15)27-20(26-17)9-6-14-4-2-1-3-5-14;/h6-14H,1-5H2,(H,26,27);1H/b9-6+;. The lowest BCUT2D eigenvalue weighted by Gasteiger charge is -2.17. The number of allylic oxidation sites excluding steroid dienone is 1. The normalized spacial score (nSPS) is 15.8. The van der Waals surface area contributed by atoms with Gasteiger partial charge in [-0.2, -0.15) is 13.2 Å². The summed E-state index contributed by atoms with van der Waals surface area (Å²) in [5, 5.41) is 0. The molecule has 4 rings (SSSR count). The van der Waals surface area contributed by atoms with E-state index >= 15 is 0 Å². The maximum Gasteiger partial charge on any atom is 0.433 e.